The summed E-state index contributed by atoms with van der Waals surface area (Å²) in [7, 11) is 0. The number of terminal acetylenes is 1. The van der Waals surface area contributed by atoms with Crippen LogP contribution in [0.3, 0.4) is 0 Å². The molecule has 1 aliphatic carbocycles. The number of nitrogens with one attached hydrogen (secondary N) is 1. The molecule has 5 aliphatic rings. The van der Waals surface area contributed by atoms with Gasteiger partial charge >= 0.3 is 6.01 Å². The van der Waals surface area contributed by atoms with Crippen LogP contribution in [0.15, 0.2) is 30.3 Å². The SMILES string of the molecule is [C-]#[N+]c1cc2c(N3CC4CCC(C3)N4)nc(OCC3(CN4CC5(CCCO5)C4)CC3)nc2c(F)c1-c1cc(O)cc2ccc(F)c(C#C)c12. The maximum atomic E-state index is 17.2. The van der Waals surface area contributed by atoms with Gasteiger partial charge in [0.25, 0.3) is 0 Å². The van der Waals surface area contributed by atoms with Crippen molar-refractivity contribution < 1.29 is 23.4 Å². The summed E-state index contributed by atoms with van der Waals surface area (Å²) in [4.78, 5) is 17.8. The number of aromatic hydroxyl groups is 1. The molecule has 11 heteroatoms. The summed E-state index contributed by atoms with van der Waals surface area (Å²) in [5.74, 6) is 1.31. The van der Waals surface area contributed by atoms with Gasteiger partial charge in [-0.05, 0) is 73.7 Å². The van der Waals surface area contributed by atoms with Crippen LogP contribution < -0.4 is 15.0 Å². The minimum atomic E-state index is -0.780. The van der Waals surface area contributed by atoms with Gasteiger partial charge < -0.3 is 24.8 Å². The minimum Gasteiger partial charge on any atom is -0.508 e. The van der Waals surface area contributed by atoms with E-state index in [1.54, 1.807) is 6.07 Å². The van der Waals surface area contributed by atoms with Gasteiger partial charge in [-0.3, -0.25) is 4.90 Å². The van der Waals surface area contributed by atoms with E-state index in [-0.39, 0.29) is 68.1 Å². The molecule has 4 saturated heterocycles. The number of nitrogens with zero attached hydrogens (tertiary/aromatic N) is 5. The van der Waals surface area contributed by atoms with Crippen LogP contribution >= 0.6 is 0 Å². The van der Waals surface area contributed by atoms with Crippen molar-refractivity contribution in [3.05, 3.63) is 58.9 Å². The number of ether oxygens (including phenoxy) is 2. The molecule has 1 spiro atoms. The number of phenols is 1. The number of benzene rings is 3. The normalized spacial score (nSPS) is 23.5. The molecule has 1 saturated carbocycles. The number of halogens is 2. The van der Waals surface area contributed by atoms with Crippen molar-refractivity contribution in [3.63, 3.8) is 0 Å². The molecule has 5 heterocycles. The van der Waals surface area contributed by atoms with E-state index >= 15 is 4.39 Å². The summed E-state index contributed by atoms with van der Waals surface area (Å²) in [6.07, 6.45) is 12.1. The van der Waals surface area contributed by atoms with Crippen LogP contribution in [0.25, 0.3) is 37.6 Å². The van der Waals surface area contributed by atoms with Gasteiger partial charge in [0.2, 0.25) is 0 Å². The Morgan fingerprint density at radius 2 is 1.92 bits per heavy atom. The zero-order chi connectivity index (χ0) is 33.5. The van der Waals surface area contributed by atoms with E-state index in [1.165, 1.54) is 24.3 Å². The van der Waals surface area contributed by atoms with Crippen molar-refractivity contribution in [3.8, 4) is 35.2 Å². The Labute approximate surface area is 283 Å². The molecule has 0 amide bonds. The highest BCUT2D eigenvalue weighted by atomic mass is 19.1. The summed E-state index contributed by atoms with van der Waals surface area (Å²) in [6, 6.07) is 7.70. The first-order valence-corrected chi connectivity index (χ1v) is 17.1. The molecule has 3 aromatic carbocycles. The highest BCUT2D eigenvalue weighted by molar-refractivity contribution is 6.07. The molecule has 4 aliphatic heterocycles. The van der Waals surface area contributed by atoms with E-state index in [0.29, 0.717) is 36.3 Å². The average molecular weight is 663 g/mol. The fourth-order valence-electron chi connectivity index (χ4n) is 8.66. The van der Waals surface area contributed by atoms with Crippen LogP contribution in [0.4, 0.5) is 20.3 Å². The number of hydrogen-bond acceptors (Lipinski definition) is 8. The van der Waals surface area contributed by atoms with E-state index in [4.69, 9.17) is 27.5 Å². The lowest BCUT2D eigenvalue weighted by Gasteiger charge is -2.48. The first kappa shape index (κ1) is 30.5. The summed E-state index contributed by atoms with van der Waals surface area (Å²) >= 11 is 0. The molecule has 4 aromatic rings. The van der Waals surface area contributed by atoms with Gasteiger partial charge in [0.1, 0.15) is 28.7 Å². The number of rotatable bonds is 7. The average Bonchev–Trinajstić information content (AvgIpc) is 3.51. The summed E-state index contributed by atoms with van der Waals surface area (Å²) < 4.78 is 44.6. The highest BCUT2D eigenvalue weighted by Crippen LogP contribution is 2.49. The first-order chi connectivity index (χ1) is 23.8. The molecular weight excluding hydrogens is 626 g/mol. The number of likely N-dealkylation sites (tertiary alicyclic amines) is 1. The molecular formula is C38H36F2N6O3. The van der Waals surface area contributed by atoms with Crippen LogP contribution in [0, 0.1) is 36.0 Å². The summed E-state index contributed by atoms with van der Waals surface area (Å²) in [5.41, 5.74) is -0.0715. The topological polar surface area (TPSA) is 87.3 Å². The van der Waals surface area contributed by atoms with Crippen LogP contribution in [-0.4, -0.2) is 83.6 Å². The third-order valence-corrected chi connectivity index (χ3v) is 11.2. The van der Waals surface area contributed by atoms with E-state index in [0.717, 1.165) is 64.8 Å². The van der Waals surface area contributed by atoms with Gasteiger partial charge in [-0.2, -0.15) is 9.97 Å². The number of phenolic OH excluding ortho intramolecular Hbond substituents is 1. The van der Waals surface area contributed by atoms with Gasteiger partial charge in [0, 0.05) is 73.2 Å². The van der Waals surface area contributed by atoms with Crippen LogP contribution in [0.2, 0.25) is 0 Å². The number of piperazine rings is 1. The molecule has 2 bridgehead atoms. The smallest absolute Gasteiger partial charge is 0.319 e. The van der Waals surface area contributed by atoms with Gasteiger partial charge in [-0.1, -0.05) is 12.0 Å². The number of aromatic nitrogens is 2. The molecule has 49 heavy (non-hydrogen) atoms. The molecule has 2 atom stereocenters. The summed E-state index contributed by atoms with van der Waals surface area (Å²) in [6.45, 7) is 13.5. The zero-order valence-electron chi connectivity index (χ0n) is 27.1. The predicted molar refractivity (Wildman–Crippen MR) is 182 cm³/mol. The Balaban J connectivity index is 1.14. The molecule has 0 radical (unpaired) electrons. The Morgan fingerprint density at radius 1 is 1.12 bits per heavy atom. The van der Waals surface area contributed by atoms with Crippen LogP contribution in [-0.2, 0) is 4.74 Å². The molecule has 2 unspecified atom stereocenters. The quantitative estimate of drug-likeness (QED) is 0.186. The second kappa shape index (κ2) is 11.2. The van der Waals surface area contributed by atoms with E-state index in [9.17, 15) is 9.50 Å². The molecule has 9 rings (SSSR count). The molecule has 9 nitrogen and oxygen atoms in total. The van der Waals surface area contributed by atoms with E-state index in [2.05, 4.69) is 30.9 Å². The van der Waals surface area contributed by atoms with Crippen molar-refractivity contribution in [2.24, 2.45) is 5.41 Å². The lowest BCUT2D eigenvalue weighted by molar-refractivity contribution is -0.117. The fourth-order valence-corrected chi connectivity index (χ4v) is 8.66. The number of anilines is 1. The Morgan fingerprint density at radius 3 is 2.61 bits per heavy atom. The van der Waals surface area contributed by atoms with Crippen molar-refractivity contribution >= 4 is 33.2 Å². The van der Waals surface area contributed by atoms with Gasteiger partial charge in [0.05, 0.1) is 24.3 Å². The molecule has 250 valence electrons. The Bertz CT molecular complexity index is 2100. The zero-order valence-corrected chi connectivity index (χ0v) is 27.1. The van der Waals surface area contributed by atoms with Gasteiger partial charge in [-0.25, -0.2) is 13.6 Å². The lowest BCUT2D eigenvalue weighted by Crippen LogP contribution is -2.62. The van der Waals surface area contributed by atoms with Gasteiger partial charge in [-0.15, -0.1) is 6.42 Å². The fraction of sp³-hybridized carbons (Fsp3) is 0.447. The molecule has 2 N–H and O–H groups in total. The maximum absolute atomic E-state index is 17.2. The van der Waals surface area contributed by atoms with Crippen molar-refractivity contribution in [1.82, 2.24) is 20.2 Å². The largest absolute Gasteiger partial charge is 0.508 e. The van der Waals surface area contributed by atoms with E-state index < -0.39 is 11.6 Å². The van der Waals surface area contributed by atoms with Crippen molar-refractivity contribution in [2.45, 2.75) is 56.2 Å². The first-order valence-electron chi connectivity index (χ1n) is 17.1. The Hall–Kier alpha value is -4.55. The number of hydrogen-bond donors (Lipinski definition) is 2. The number of fused-ring (bicyclic) bond motifs is 4. The van der Waals surface area contributed by atoms with Crippen LogP contribution in [0.5, 0.6) is 11.8 Å². The molecule has 1 aromatic heterocycles. The predicted octanol–water partition coefficient (Wildman–Crippen LogP) is 5.93. The van der Waals surface area contributed by atoms with Crippen molar-refractivity contribution in [2.75, 3.05) is 50.8 Å². The van der Waals surface area contributed by atoms with Crippen LogP contribution in [0.1, 0.15) is 44.1 Å². The van der Waals surface area contributed by atoms with Crippen molar-refractivity contribution in [1.29, 1.82) is 0 Å². The van der Waals surface area contributed by atoms with Gasteiger partial charge in [0.15, 0.2) is 5.69 Å². The monoisotopic (exact) mass is 662 g/mol. The second-order valence-corrected chi connectivity index (χ2v) is 14.7. The lowest BCUT2D eigenvalue weighted by atomic mass is 9.89. The minimum absolute atomic E-state index is 0.00338. The third-order valence-electron chi connectivity index (χ3n) is 11.2. The standard InChI is InChI=1S/C38H36F2N6O3/c1-3-26-29(39)8-5-22-13-25(47)14-27(31(22)26)32-30(41-2)15-28-34(33(32)40)43-36(44-35(28)46-16-23-6-7-24(17-46)42-23)48-21-37(10-11-37)18-45-19-38(20-45)9-4-12-49-38/h1,5,8,13-15,23-24,42,47H,4,6-7,9-12,16-21H2. The Kier molecular flexibility index (Phi) is 7.00. The third kappa shape index (κ3) is 5.15. The highest BCUT2D eigenvalue weighted by Gasteiger charge is 2.52. The second-order valence-electron chi connectivity index (χ2n) is 14.7. The van der Waals surface area contributed by atoms with E-state index in [1.807, 2.05) is 0 Å². The maximum Gasteiger partial charge on any atom is 0.319 e. The summed E-state index contributed by atoms with van der Waals surface area (Å²) in [5, 5.41) is 15.4. The molecule has 5 fully saturated rings.